The largest absolute Gasteiger partial charge is 0.491 e. The second-order valence-electron chi connectivity index (χ2n) is 16.8. The normalized spacial score (nSPS) is 29.3. The number of ether oxygens (including phenoxy) is 10. The molecule has 0 aliphatic carbocycles. The van der Waals surface area contributed by atoms with E-state index in [9.17, 15) is 30.0 Å². The van der Waals surface area contributed by atoms with Crippen LogP contribution in [0.2, 0.25) is 0 Å². The minimum Gasteiger partial charge on any atom is -0.491 e. The Hall–Kier alpha value is -5.18. The summed E-state index contributed by atoms with van der Waals surface area (Å²) in [4.78, 5) is 25.6. The molecule has 0 saturated carbocycles. The van der Waals surface area contributed by atoms with Crippen LogP contribution >= 0.6 is 0 Å². The third kappa shape index (κ3) is 13.3. The zero-order chi connectivity index (χ0) is 47.2. The van der Waals surface area contributed by atoms with Crippen molar-refractivity contribution in [3.8, 4) is 11.5 Å². The summed E-state index contributed by atoms with van der Waals surface area (Å²) < 4.78 is 58.2. The first kappa shape index (κ1) is 49.2. The standard InChI is InChI=1S/C52H58O16/c53-37(29-41-45(55)47(57)49-43(65-41)31-63-51(67-49)35-7-3-1-4-8-35)17-11-33-13-19-39(20-14-33)61-27-25-59-23-24-60-26-28-62-40-21-15-34(16-22-40)12-18-38(54)30-42-46(56)48(58)50-44(66-42)32-64-52(68-50)36-9-5-2-6-10-36/h1-22,41-52,55-58H,23-32H2/b17-11+,18-12+/t41-,42-,43+,44+,45-,46-,47+,48+,49+,50+,51?,52?/m0/s1. The highest BCUT2D eigenvalue weighted by Gasteiger charge is 2.50. The topological polar surface area (TPSA) is 207 Å². The number of carbonyl (C=O) groups is 2. The Labute approximate surface area is 394 Å². The van der Waals surface area contributed by atoms with Crippen LogP contribution in [0.1, 0.15) is 47.7 Å². The summed E-state index contributed by atoms with van der Waals surface area (Å²) in [6.45, 7) is 2.46. The number of carbonyl (C=O) groups excluding carboxylic acids is 2. The number of ketones is 2. The highest BCUT2D eigenvalue weighted by Crippen LogP contribution is 2.36. The van der Waals surface area contributed by atoms with Gasteiger partial charge in [0.05, 0.1) is 51.8 Å². The smallest absolute Gasteiger partial charge is 0.184 e. The number of aliphatic hydroxyl groups excluding tert-OH is 4. The van der Waals surface area contributed by atoms with Gasteiger partial charge in [-0.25, -0.2) is 0 Å². The fraction of sp³-hybridized carbons (Fsp3) is 0.423. The molecule has 4 fully saturated rings. The highest BCUT2D eigenvalue weighted by molar-refractivity contribution is 5.94. The van der Waals surface area contributed by atoms with Gasteiger partial charge in [0, 0.05) is 24.0 Å². The van der Waals surface area contributed by atoms with Crippen LogP contribution in [0, 0.1) is 0 Å². The van der Waals surface area contributed by atoms with Crippen molar-refractivity contribution < 1.29 is 77.4 Å². The summed E-state index contributed by atoms with van der Waals surface area (Å²) in [6.07, 6.45) is -5.14. The van der Waals surface area contributed by atoms with Crippen molar-refractivity contribution in [3.05, 3.63) is 144 Å². The minimum absolute atomic E-state index is 0.117. The number of aliphatic hydroxyl groups is 4. The fourth-order valence-electron chi connectivity index (χ4n) is 8.29. The first-order valence-electron chi connectivity index (χ1n) is 22.9. The molecule has 4 aliphatic rings. The van der Waals surface area contributed by atoms with Gasteiger partial charge in [0.2, 0.25) is 0 Å². The van der Waals surface area contributed by atoms with Crippen LogP contribution in [-0.4, -0.2) is 146 Å². The Morgan fingerprint density at radius 2 is 0.868 bits per heavy atom. The van der Waals surface area contributed by atoms with Gasteiger partial charge in [-0.1, -0.05) is 97.1 Å². The molecule has 0 spiro atoms. The Bertz CT molecular complexity index is 2080. The van der Waals surface area contributed by atoms with Crippen LogP contribution in [0.15, 0.2) is 121 Å². The number of rotatable bonds is 21. The van der Waals surface area contributed by atoms with E-state index in [0.29, 0.717) is 51.1 Å². The third-order valence-electron chi connectivity index (χ3n) is 11.9. The third-order valence-corrected chi connectivity index (χ3v) is 11.9. The molecule has 362 valence electrons. The lowest BCUT2D eigenvalue weighted by Gasteiger charge is -2.46. The summed E-state index contributed by atoms with van der Waals surface area (Å²) in [6, 6.07) is 33.1. The van der Waals surface area contributed by atoms with E-state index in [2.05, 4.69) is 0 Å². The molecular formula is C52H58O16. The average Bonchev–Trinajstić information content (AvgIpc) is 3.37. The van der Waals surface area contributed by atoms with E-state index in [-0.39, 0.29) is 37.6 Å². The van der Waals surface area contributed by atoms with Gasteiger partial charge in [-0.15, -0.1) is 0 Å². The van der Waals surface area contributed by atoms with Gasteiger partial charge in [-0.3, -0.25) is 9.59 Å². The molecule has 16 heteroatoms. The molecule has 68 heavy (non-hydrogen) atoms. The minimum atomic E-state index is -1.30. The van der Waals surface area contributed by atoms with Crippen LogP contribution < -0.4 is 9.47 Å². The maximum absolute atomic E-state index is 12.8. The number of hydrogen-bond donors (Lipinski definition) is 4. The number of benzene rings is 4. The van der Waals surface area contributed by atoms with Gasteiger partial charge in [-0.2, -0.15) is 0 Å². The predicted octanol–water partition coefficient (Wildman–Crippen LogP) is 4.33. The number of hydrogen-bond acceptors (Lipinski definition) is 16. The van der Waals surface area contributed by atoms with E-state index in [4.69, 9.17) is 47.4 Å². The van der Waals surface area contributed by atoms with Gasteiger partial charge in [-0.05, 0) is 47.5 Å². The van der Waals surface area contributed by atoms with E-state index in [1.807, 2.05) is 84.9 Å². The average molecular weight is 939 g/mol. The zero-order valence-corrected chi connectivity index (χ0v) is 37.4. The highest BCUT2D eigenvalue weighted by atomic mass is 16.7. The van der Waals surface area contributed by atoms with Gasteiger partial charge >= 0.3 is 0 Å². The van der Waals surface area contributed by atoms with Crippen molar-refractivity contribution >= 4 is 23.7 Å². The molecule has 0 bridgehead atoms. The van der Waals surface area contributed by atoms with Crippen molar-refractivity contribution in [2.45, 2.75) is 86.5 Å². The number of fused-ring (bicyclic) bond motifs is 2. The molecule has 12 atom stereocenters. The van der Waals surface area contributed by atoms with Gasteiger partial charge in [0.25, 0.3) is 0 Å². The second kappa shape index (κ2) is 24.4. The van der Waals surface area contributed by atoms with E-state index >= 15 is 0 Å². The van der Waals surface area contributed by atoms with Gasteiger partial charge in [0.15, 0.2) is 24.1 Å². The Morgan fingerprint density at radius 3 is 1.26 bits per heavy atom. The van der Waals surface area contributed by atoms with Crippen molar-refractivity contribution in [1.82, 2.24) is 0 Å². The monoisotopic (exact) mass is 938 g/mol. The predicted molar refractivity (Wildman–Crippen MR) is 244 cm³/mol. The maximum atomic E-state index is 12.8. The lowest BCUT2D eigenvalue weighted by molar-refractivity contribution is -0.328. The molecule has 4 saturated heterocycles. The van der Waals surface area contributed by atoms with Crippen molar-refractivity contribution in [1.29, 1.82) is 0 Å². The summed E-state index contributed by atoms with van der Waals surface area (Å²) >= 11 is 0. The molecule has 16 nitrogen and oxygen atoms in total. The summed E-state index contributed by atoms with van der Waals surface area (Å²) in [7, 11) is 0. The zero-order valence-electron chi connectivity index (χ0n) is 37.4. The molecular weight excluding hydrogens is 881 g/mol. The van der Waals surface area contributed by atoms with Crippen LogP contribution in [0.3, 0.4) is 0 Å². The van der Waals surface area contributed by atoms with E-state index in [0.717, 1.165) is 22.3 Å². The summed E-state index contributed by atoms with van der Waals surface area (Å²) in [5, 5.41) is 43.2. The molecule has 0 radical (unpaired) electrons. The van der Waals surface area contributed by atoms with E-state index < -0.39 is 73.6 Å². The van der Waals surface area contributed by atoms with Crippen molar-refractivity contribution in [2.75, 3.05) is 52.9 Å². The van der Waals surface area contributed by atoms with E-state index in [1.54, 1.807) is 36.4 Å². The first-order chi connectivity index (χ1) is 33.2. The molecule has 4 aromatic carbocycles. The summed E-state index contributed by atoms with van der Waals surface area (Å²) in [5.74, 6) is 0.757. The Kier molecular flexibility index (Phi) is 17.7. The van der Waals surface area contributed by atoms with Crippen molar-refractivity contribution in [2.24, 2.45) is 0 Å². The first-order valence-corrected chi connectivity index (χ1v) is 22.9. The molecule has 4 heterocycles. The molecule has 2 unspecified atom stereocenters. The molecule has 4 aliphatic heterocycles. The summed E-state index contributed by atoms with van der Waals surface area (Å²) in [5.41, 5.74) is 3.16. The molecule has 8 rings (SSSR count). The molecule has 4 aromatic rings. The van der Waals surface area contributed by atoms with Crippen LogP contribution in [0.5, 0.6) is 11.5 Å². The van der Waals surface area contributed by atoms with Gasteiger partial charge in [0.1, 0.15) is 73.5 Å². The number of allylic oxidation sites excluding steroid dienone is 2. The van der Waals surface area contributed by atoms with Gasteiger partial charge < -0.3 is 67.8 Å². The Morgan fingerprint density at radius 1 is 0.485 bits per heavy atom. The molecule has 4 N–H and O–H groups in total. The van der Waals surface area contributed by atoms with E-state index in [1.165, 1.54) is 12.2 Å². The second-order valence-corrected chi connectivity index (χ2v) is 16.8. The van der Waals surface area contributed by atoms with Crippen LogP contribution in [-0.2, 0) is 47.5 Å². The molecule has 0 amide bonds. The van der Waals surface area contributed by atoms with Crippen LogP contribution in [0.4, 0.5) is 0 Å². The maximum Gasteiger partial charge on any atom is 0.184 e. The SMILES string of the molecule is O=C(/C=C/c1ccc(OCCOCCOCCOc2ccc(/C=C/C(=O)C[C@@H]3O[C@@H]4COC(c5ccccc5)O[C@H]4[C@H](O)[C@H]3O)cc2)cc1)C[C@@H]1O[C@@H]2COC(c3ccccc3)O[C@H]2[C@H](O)[C@H]1O. The molecule has 0 aromatic heterocycles. The fourth-order valence-corrected chi connectivity index (χ4v) is 8.29. The lowest BCUT2D eigenvalue weighted by atomic mass is 9.91. The lowest BCUT2D eigenvalue weighted by Crippen LogP contribution is -2.61. The Balaban J connectivity index is 0.644. The quantitative estimate of drug-likeness (QED) is 0.0678. The van der Waals surface area contributed by atoms with Crippen LogP contribution in [0.25, 0.3) is 12.2 Å². The van der Waals surface area contributed by atoms with Crippen molar-refractivity contribution in [3.63, 3.8) is 0 Å².